The van der Waals surface area contributed by atoms with Gasteiger partial charge >= 0.3 is 29.6 Å². The van der Waals surface area contributed by atoms with Crippen molar-refractivity contribution in [2.24, 2.45) is 5.92 Å². The van der Waals surface area contributed by atoms with Crippen LogP contribution in [-0.4, -0.2) is 29.1 Å². The number of benzene rings is 1. The average Bonchev–Trinajstić information content (AvgIpc) is 2.51. The summed E-state index contributed by atoms with van der Waals surface area (Å²) in [5, 5.41) is 5.57. The molecule has 0 aliphatic heterocycles. The normalized spacial score (nSPS) is 10.3. The second-order valence-electron chi connectivity index (χ2n) is 5.33. The van der Waals surface area contributed by atoms with E-state index in [-0.39, 0.29) is 84.5 Å². The Balaban J connectivity index is -0.00000176. The number of Topliss-reactive ketones (excluding diaryl/α,β-unsaturated/α-hetero) is 1. The first kappa shape index (κ1) is 30.6. The summed E-state index contributed by atoms with van der Waals surface area (Å²) >= 11 is 1.41. The van der Waals surface area contributed by atoms with Crippen LogP contribution in [0.15, 0.2) is 24.3 Å². The van der Waals surface area contributed by atoms with Crippen LogP contribution >= 0.6 is 35.7 Å². The molecule has 2 N–H and O–H groups in total. The van der Waals surface area contributed by atoms with Crippen LogP contribution in [0.3, 0.4) is 0 Å². The van der Waals surface area contributed by atoms with Gasteiger partial charge in [-0.15, -0.1) is 29.9 Å². The van der Waals surface area contributed by atoms with Crippen molar-refractivity contribution in [1.82, 2.24) is 10.6 Å². The fourth-order valence-corrected chi connectivity index (χ4v) is 2.59. The Morgan fingerprint density at radius 2 is 1.50 bits per heavy atom. The molecule has 1 atom stereocenters. The van der Waals surface area contributed by atoms with Gasteiger partial charge < -0.3 is 29.8 Å². The third kappa shape index (κ3) is 14.0. The third-order valence-corrected chi connectivity index (χ3v) is 4.29. The molecular formula is C18H27IN2NaO3S-. The molecule has 1 aromatic carbocycles. The van der Waals surface area contributed by atoms with E-state index in [1.54, 1.807) is 0 Å². The Kier molecular flexibility index (Phi) is 20.1. The van der Waals surface area contributed by atoms with Crippen molar-refractivity contribution in [2.45, 2.75) is 26.9 Å². The molecule has 1 aromatic rings. The molecule has 0 spiro atoms. The summed E-state index contributed by atoms with van der Waals surface area (Å²) in [6, 6.07) is 7.69. The zero-order chi connectivity index (χ0) is 17.2. The van der Waals surface area contributed by atoms with Gasteiger partial charge in [-0.3, -0.25) is 9.59 Å². The van der Waals surface area contributed by atoms with Crippen LogP contribution < -0.4 is 40.2 Å². The standard InChI is InChI=1S/C17H23N2O3S.CH3.HI.Na/c1-12(13(2)20)10-23-11-17(22)19-9-16-6-4-15(5-7-16)8-18-14(3)21;;;/h4-7,12H,1,8-11H2,2-3H3,(H,18,21)(H,19,22);1H3;1H;/q2*-1;;+1/t12-;;;/m1.../s1. The van der Waals surface area contributed by atoms with Crippen molar-refractivity contribution in [3.63, 3.8) is 0 Å². The smallest absolute Gasteiger partial charge is 0.358 e. The van der Waals surface area contributed by atoms with Crippen LogP contribution in [0.4, 0.5) is 0 Å². The van der Waals surface area contributed by atoms with E-state index in [2.05, 4.69) is 17.6 Å². The number of carbonyl (C=O) groups excluding carboxylic acids is 3. The summed E-state index contributed by atoms with van der Waals surface area (Å²) in [6.07, 6.45) is 0. The van der Waals surface area contributed by atoms with E-state index < -0.39 is 0 Å². The van der Waals surface area contributed by atoms with Crippen molar-refractivity contribution < 1.29 is 43.9 Å². The van der Waals surface area contributed by atoms with Gasteiger partial charge in [0.05, 0.1) is 5.75 Å². The first-order valence-corrected chi connectivity index (χ1v) is 8.54. The molecule has 0 radical (unpaired) electrons. The molecule has 0 fully saturated rings. The average molecular weight is 501 g/mol. The molecule has 26 heavy (non-hydrogen) atoms. The molecule has 0 bridgehead atoms. The van der Waals surface area contributed by atoms with Crippen LogP contribution in [-0.2, 0) is 27.5 Å². The Bertz CT molecular complexity index is 556. The summed E-state index contributed by atoms with van der Waals surface area (Å²) in [4.78, 5) is 33.6. The van der Waals surface area contributed by atoms with Gasteiger partial charge in [-0.05, 0) is 23.8 Å². The summed E-state index contributed by atoms with van der Waals surface area (Å²) in [5.74, 6) is 0.531. The molecule has 8 heteroatoms. The maximum atomic E-state index is 11.7. The number of ketones is 1. The predicted octanol–water partition coefficient (Wildman–Crippen LogP) is -0.216. The van der Waals surface area contributed by atoms with E-state index in [1.165, 1.54) is 25.6 Å². The largest absolute Gasteiger partial charge is 1.00 e. The van der Waals surface area contributed by atoms with Crippen molar-refractivity contribution in [3.05, 3.63) is 49.7 Å². The van der Waals surface area contributed by atoms with Crippen LogP contribution in [0.1, 0.15) is 25.0 Å². The van der Waals surface area contributed by atoms with Crippen LogP contribution in [0.5, 0.6) is 0 Å². The van der Waals surface area contributed by atoms with Gasteiger partial charge in [0.15, 0.2) is 0 Å². The SMILES string of the molecule is I.[CH2-][C@H](CSCC(=O)NCc1ccc(CNC(C)=O)cc1)C(C)=O.[CH3-].[Na+]. The number of nitrogens with one attached hydrogen (secondary N) is 2. The van der Waals surface area contributed by atoms with E-state index in [9.17, 15) is 14.4 Å². The van der Waals surface area contributed by atoms with Gasteiger partial charge in [0.1, 0.15) is 5.78 Å². The van der Waals surface area contributed by atoms with Crippen LogP contribution in [0, 0.1) is 20.3 Å². The summed E-state index contributed by atoms with van der Waals surface area (Å²) in [6.45, 7) is 7.68. The molecule has 0 heterocycles. The number of hydrogen-bond acceptors (Lipinski definition) is 4. The Hall–Kier alpha value is -0.0900. The quantitative estimate of drug-likeness (QED) is 0.279. The molecule has 0 saturated heterocycles. The van der Waals surface area contributed by atoms with Gasteiger partial charge in [-0.2, -0.15) is 11.8 Å². The molecule has 142 valence electrons. The number of halogens is 1. The number of carbonyl (C=O) groups is 3. The van der Waals surface area contributed by atoms with Crippen LogP contribution in [0.25, 0.3) is 0 Å². The van der Waals surface area contributed by atoms with Crippen molar-refractivity contribution in [2.75, 3.05) is 11.5 Å². The molecule has 0 saturated carbocycles. The van der Waals surface area contributed by atoms with Gasteiger partial charge in [0.25, 0.3) is 0 Å². The van der Waals surface area contributed by atoms with Crippen molar-refractivity contribution >= 4 is 53.3 Å². The topological polar surface area (TPSA) is 75.3 Å². The van der Waals surface area contributed by atoms with E-state index in [0.717, 1.165) is 11.1 Å². The summed E-state index contributed by atoms with van der Waals surface area (Å²) < 4.78 is 0. The number of thioether (sulfide) groups is 1. The Morgan fingerprint density at radius 1 is 1.04 bits per heavy atom. The minimum Gasteiger partial charge on any atom is -0.358 e. The maximum absolute atomic E-state index is 11.7. The fourth-order valence-electron chi connectivity index (χ4n) is 1.66. The Labute approximate surface area is 200 Å². The van der Waals surface area contributed by atoms with Gasteiger partial charge in [0, 0.05) is 20.0 Å². The first-order chi connectivity index (χ1) is 10.9. The molecule has 1 rings (SSSR count). The van der Waals surface area contributed by atoms with E-state index in [4.69, 9.17) is 0 Å². The summed E-state index contributed by atoms with van der Waals surface area (Å²) in [7, 11) is 0. The second kappa shape index (κ2) is 17.0. The van der Waals surface area contributed by atoms with Crippen LogP contribution in [0.2, 0.25) is 0 Å². The molecule has 2 amide bonds. The van der Waals surface area contributed by atoms with Gasteiger partial charge in [-0.25, -0.2) is 0 Å². The molecular weight excluding hydrogens is 474 g/mol. The second-order valence-corrected chi connectivity index (χ2v) is 6.36. The predicted molar refractivity (Wildman–Crippen MR) is 114 cm³/mol. The monoisotopic (exact) mass is 501 g/mol. The van der Waals surface area contributed by atoms with Gasteiger partial charge in [0.2, 0.25) is 11.8 Å². The Morgan fingerprint density at radius 3 is 1.92 bits per heavy atom. The minimum absolute atomic E-state index is 0. The zero-order valence-corrected chi connectivity index (χ0v) is 21.1. The van der Waals surface area contributed by atoms with E-state index in [1.807, 2.05) is 24.3 Å². The van der Waals surface area contributed by atoms with Crippen molar-refractivity contribution in [3.8, 4) is 0 Å². The van der Waals surface area contributed by atoms with Gasteiger partial charge in [-0.1, -0.05) is 24.3 Å². The summed E-state index contributed by atoms with van der Waals surface area (Å²) in [5.41, 5.74) is 2.00. The van der Waals surface area contributed by atoms with E-state index >= 15 is 0 Å². The fraction of sp³-hybridized carbons (Fsp3) is 0.389. The minimum atomic E-state index is -0.260. The third-order valence-electron chi connectivity index (χ3n) is 3.18. The van der Waals surface area contributed by atoms with Crippen molar-refractivity contribution in [1.29, 1.82) is 0 Å². The zero-order valence-electron chi connectivity index (χ0n) is 16.0. The number of amides is 2. The molecule has 0 unspecified atom stereocenters. The van der Waals surface area contributed by atoms with E-state index in [0.29, 0.717) is 24.6 Å². The number of hydrogen-bond donors (Lipinski definition) is 2. The first-order valence-electron chi connectivity index (χ1n) is 7.38. The number of rotatable bonds is 9. The molecule has 5 nitrogen and oxygen atoms in total. The molecule has 0 aliphatic carbocycles. The molecule has 0 aromatic heterocycles. The molecule has 0 aliphatic rings. The maximum Gasteiger partial charge on any atom is 1.00 e.